The average Bonchev–Trinajstić information content (AvgIpc) is 2.88. The van der Waals surface area contributed by atoms with Crippen LogP contribution in [0.4, 0.5) is 5.95 Å². The van der Waals surface area contributed by atoms with E-state index >= 15 is 0 Å². The maximum atomic E-state index is 9.79. The summed E-state index contributed by atoms with van der Waals surface area (Å²) < 4.78 is 11.1. The Morgan fingerprint density at radius 2 is 1.72 bits per heavy atom. The summed E-state index contributed by atoms with van der Waals surface area (Å²) in [6, 6.07) is 20.8. The molecule has 3 N–H and O–H groups in total. The maximum Gasteiger partial charge on any atom is 0.220 e. The Labute approximate surface area is 211 Å². The fraction of sp³-hybridized carbons (Fsp3) is 0.276. The third kappa shape index (κ3) is 5.30. The number of rotatable bonds is 9. The minimum atomic E-state index is -0.327. The first-order chi connectivity index (χ1) is 17.3. The van der Waals surface area contributed by atoms with Gasteiger partial charge in [0.05, 0.1) is 30.9 Å². The van der Waals surface area contributed by atoms with E-state index in [4.69, 9.17) is 20.3 Å². The number of nitrogens with zero attached hydrogens (tertiary/aromatic N) is 3. The zero-order valence-corrected chi connectivity index (χ0v) is 20.8. The molecule has 0 saturated heterocycles. The van der Waals surface area contributed by atoms with Crippen LogP contribution in [0.2, 0.25) is 0 Å². The van der Waals surface area contributed by atoms with E-state index in [0.29, 0.717) is 24.5 Å². The lowest BCUT2D eigenvalue weighted by Gasteiger charge is -2.28. The summed E-state index contributed by atoms with van der Waals surface area (Å²) in [6.45, 7) is 7.16. The molecule has 0 atom stereocenters. The van der Waals surface area contributed by atoms with Gasteiger partial charge in [-0.2, -0.15) is 5.26 Å². The summed E-state index contributed by atoms with van der Waals surface area (Å²) in [6.07, 6.45) is 1.74. The van der Waals surface area contributed by atoms with E-state index in [9.17, 15) is 5.26 Å². The molecule has 0 unspecified atom stereocenters. The number of ether oxygens (including phenoxy) is 2. The lowest BCUT2D eigenvalue weighted by atomic mass is 9.76. The van der Waals surface area contributed by atoms with Crippen molar-refractivity contribution in [2.24, 2.45) is 0 Å². The van der Waals surface area contributed by atoms with Gasteiger partial charge in [0.2, 0.25) is 5.95 Å². The number of benzene rings is 3. The number of aliphatic hydroxyl groups excluding tert-OH is 1. The van der Waals surface area contributed by atoms with Gasteiger partial charge in [-0.15, -0.1) is 0 Å². The highest BCUT2D eigenvalue weighted by molar-refractivity contribution is 5.84. The third-order valence-electron chi connectivity index (χ3n) is 6.36. The third-order valence-corrected chi connectivity index (χ3v) is 6.36. The van der Waals surface area contributed by atoms with Gasteiger partial charge < -0.3 is 20.3 Å². The first-order valence-electron chi connectivity index (χ1n) is 11.8. The van der Waals surface area contributed by atoms with Gasteiger partial charge in [0.1, 0.15) is 18.4 Å². The Hall–Kier alpha value is -3.99. The monoisotopic (exact) mass is 482 g/mol. The molecule has 184 valence electrons. The van der Waals surface area contributed by atoms with Gasteiger partial charge in [-0.05, 0) is 52.9 Å². The molecule has 4 rings (SSSR count). The highest BCUT2D eigenvalue weighted by Gasteiger charge is 2.25. The Morgan fingerprint density at radius 1 is 0.972 bits per heavy atom. The molecule has 7 nitrogen and oxygen atoms in total. The number of aliphatic hydroxyl groups is 1. The standard InChI is InChI=1S/C29H30N4O3/c1-19-14-25(16-22(17-30)27(19)36-13-12-35-11-10-34)29(2,3)24-7-4-20(5-8-24)21-6-9-26-23(15-21)18-32-28(31)33-26/h4-9,14-16,18,34H,10-13H2,1-3H3,(H2,31,32,33). The zero-order chi connectivity index (χ0) is 25.7. The number of aryl methyl sites for hydroxylation is 1. The number of nitrogens with two attached hydrogens (primary N) is 1. The van der Waals surface area contributed by atoms with Crippen molar-refractivity contribution >= 4 is 16.9 Å². The summed E-state index contributed by atoms with van der Waals surface area (Å²) in [5.74, 6) is 0.838. The van der Waals surface area contributed by atoms with Crippen LogP contribution in [0.15, 0.2) is 60.8 Å². The molecule has 0 aliphatic heterocycles. The molecule has 0 bridgehead atoms. The predicted molar refractivity (Wildman–Crippen MR) is 141 cm³/mol. The number of hydrogen-bond acceptors (Lipinski definition) is 7. The maximum absolute atomic E-state index is 9.79. The average molecular weight is 483 g/mol. The number of hydrogen-bond donors (Lipinski definition) is 2. The quantitative estimate of drug-likeness (QED) is 0.330. The molecule has 4 aromatic rings. The van der Waals surface area contributed by atoms with Crippen molar-refractivity contribution in [1.82, 2.24) is 9.97 Å². The van der Waals surface area contributed by atoms with Crippen LogP contribution in [0.3, 0.4) is 0 Å². The molecular weight excluding hydrogens is 452 g/mol. The molecule has 1 aromatic heterocycles. The van der Waals surface area contributed by atoms with Gasteiger partial charge in [0.15, 0.2) is 0 Å². The highest BCUT2D eigenvalue weighted by atomic mass is 16.5. The predicted octanol–water partition coefficient (Wildman–Crippen LogP) is 4.77. The van der Waals surface area contributed by atoms with E-state index in [1.165, 1.54) is 0 Å². The van der Waals surface area contributed by atoms with Crippen molar-refractivity contribution in [3.8, 4) is 22.9 Å². The van der Waals surface area contributed by atoms with Gasteiger partial charge >= 0.3 is 0 Å². The van der Waals surface area contributed by atoms with Crippen molar-refractivity contribution in [3.63, 3.8) is 0 Å². The summed E-state index contributed by atoms with van der Waals surface area (Å²) in [7, 11) is 0. The second-order valence-corrected chi connectivity index (χ2v) is 9.17. The molecule has 0 amide bonds. The molecule has 3 aromatic carbocycles. The van der Waals surface area contributed by atoms with Crippen LogP contribution in [-0.4, -0.2) is 41.5 Å². The fourth-order valence-corrected chi connectivity index (χ4v) is 4.25. The second-order valence-electron chi connectivity index (χ2n) is 9.17. The summed E-state index contributed by atoms with van der Waals surface area (Å²) in [5, 5.41) is 19.5. The van der Waals surface area contributed by atoms with Gasteiger partial charge in [0.25, 0.3) is 0 Å². The smallest absolute Gasteiger partial charge is 0.220 e. The Kier molecular flexibility index (Phi) is 7.49. The van der Waals surface area contributed by atoms with Crippen LogP contribution in [0.5, 0.6) is 5.75 Å². The molecule has 0 saturated carbocycles. The van der Waals surface area contributed by atoms with Crippen LogP contribution >= 0.6 is 0 Å². The number of nitrogen functional groups attached to an aromatic ring is 1. The number of nitriles is 1. The molecule has 0 aliphatic rings. The summed E-state index contributed by atoms with van der Waals surface area (Å²) >= 11 is 0. The van der Waals surface area contributed by atoms with E-state index in [1.54, 1.807) is 6.20 Å². The SMILES string of the molecule is Cc1cc(C(C)(C)c2ccc(-c3ccc4nc(N)ncc4c3)cc2)cc(C#N)c1OCCOCCO. The van der Waals surface area contributed by atoms with Crippen molar-refractivity contribution in [3.05, 3.63) is 83.0 Å². The number of aromatic nitrogens is 2. The van der Waals surface area contributed by atoms with Gasteiger partial charge in [-0.1, -0.05) is 50.2 Å². The van der Waals surface area contributed by atoms with Crippen molar-refractivity contribution in [2.75, 3.05) is 32.2 Å². The van der Waals surface area contributed by atoms with E-state index in [0.717, 1.165) is 38.7 Å². The Balaban J connectivity index is 1.57. The van der Waals surface area contributed by atoms with Gasteiger partial charge in [0, 0.05) is 17.0 Å². The van der Waals surface area contributed by atoms with E-state index in [1.807, 2.05) is 25.1 Å². The Bertz CT molecular complexity index is 1410. The summed E-state index contributed by atoms with van der Waals surface area (Å²) in [4.78, 5) is 8.36. The number of fused-ring (bicyclic) bond motifs is 1. The Morgan fingerprint density at radius 3 is 2.44 bits per heavy atom. The minimum absolute atomic E-state index is 0.0278. The lowest BCUT2D eigenvalue weighted by Crippen LogP contribution is -2.20. The van der Waals surface area contributed by atoms with Crippen LogP contribution in [0.25, 0.3) is 22.0 Å². The molecule has 0 spiro atoms. The topological polar surface area (TPSA) is 114 Å². The van der Waals surface area contributed by atoms with E-state index in [2.05, 4.69) is 66.3 Å². The minimum Gasteiger partial charge on any atom is -0.490 e. The first-order valence-corrected chi connectivity index (χ1v) is 11.8. The molecule has 0 fully saturated rings. The molecule has 0 radical (unpaired) electrons. The lowest BCUT2D eigenvalue weighted by molar-refractivity contribution is 0.0703. The van der Waals surface area contributed by atoms with Crippen molar-refractivity contribution in [1.29, 1.82) is 5.26 Å². The van der Waals surface area contributed by atoms with E-state index < -0.39 is 0 Å². The van der Waals surface area contributed by atoms with Gasteiger partial charge in [-0.3, -0.25) is 0 Å². The van der Waals surface area contributed by atoms with Crippen LogP contribution in [0, 0.1) is 18.3 Å². The molecular formula is C29H30N4O3. The fourth-order valence-electron chi connectivity index (χ4n) is 4.25. The van der Waals surface area contributed by atoms with Gasteiger partial charge in [-0.25, -0.2) is 9.97 Å². The molecule has 36 heavy (non-hydrogen) atoms. The van der Waals surface area contributed by atoms with Crippen molar-refractivity contribution < 1.29 is 14.6 Å². The van der Waals surface area contributed by atoms with Crippen LogP contribution in [-0.2, 0) is 10.2 Å². The molecule has 7 heteroatoms. The summed E-state index contributed by atoms with van der Waals surface area (Å²) in [5.41, 5.74) is 11.9. The van der Waals surface area contributed by atoms with Crippen molar-refractivity contribution in [2.45, 2.75) is 26.2 Å². The molecule has 1 heterocycles. The second kappa shape index (κ2) is 10.7. The van der Waals surface area contributed by atoms with E-state index in [-0.39, 0.29) is 24.6 Å². The zero-order valence-electron chi connectivity index (χ0n) is 20.8. The normalized spacial score (nSPS) is 11.4. The van der Waals surface area contributed by atoms with Crippen LogP contribution in [0.1, 0.15) is 36.1 Å². The number of anilines is 1. The van der Waals surface area contributed by atoms with Crippen LogP contribution < -0.4 is 10.5 Å². The first kappa shape index (κ1) is 25.1. The molecule has 0 aliphatic carbocycles. The highest BCUT2D eigenvalue weighted by Crippen LogP contribution is 2.37. The largest absolute Gasteiger partial charge is 0.490 e.